The number of hydrogen-bond acceptors (Lipinski definition) is 5. The van der Waals surface area contributed by atoms with Crippen molar-refractivity contribution in [3.8, 4) is 45.0 Å². The molecule has 118 heavy (non-hydrogen) atoms. The van der Waals surface area contributed by atoms with Gasteiger partial charge in [-0.2, -0.15) is 76.9 Å². The molecule has 0 saturated heterocycles. The maximum absolute atomic E-state index is 4.32. The van der Waals surface area contributed by atoms with Crippen LogP contribution in [0.25, 0.3) is 77.3 Å². The smallest absolute Gasteiger partial charge is 0.283 e. The van der Waals surface area contributed by atoms with Crippen molar-refractivity contribution in [2.45, 2.75) is 152 Å². The zero-order chi connectivity index (χ0) is 84.5. The first-order chi connectivity index (χ1) is 56.1. The largest absolute Gasteiger partial charge is 2.00 e. The van der Waals surface area contributed by atoms with Gasteiger partial charge in [-0.05, 0) is 302 Å². The minimum absolute atomic E-state index is 0. The molecule has 0 aliphatic rings. The number of hydrogen-bond donors (Lipinski definition) is 1. The van der Waals surface area contributed by atoms with Gasteiger partial charge in [0.2, 0.25) is 0 Å². The van der Waals surface area contributed by atoms with Crippen molar-refractivity contribution >= 4 is 32.3 Å². The molecule has 0 amide bonds. The minimum Gasteiger partial charge on any atom is -0.283 e. The predicted molar refractivity (Wildman–Crippen MR) is 504 cm³/mol. The fraction of sp³-hybridized carbons (Fsp3) is 0.198. The maximum Gasteiger partial charge on any atom is 2.00 e. The van der Waals surface area contributed by atoms with Crippen LogP contribution in [0.15, 0.2) is 310 Å². The van der Waals surface area contributed by atoms with Gasteiger partial charge >= 0.3 is 21.1 Å². The second kappa shape index (κ2) is 47.2. The summed E-state index contributed by atoms with van der Waals surface area (Å²) >= 11 is 0. The van der Waals surface area contributed by atoms with Crippen molar-refractivity contribution in [3.05, 3.63) is 445 Å². The molecule has 598 valence electrons. The number of aromatic nitrogens is 6. The Balaban J connectivity index is 0.000000183. The molecular weight excluding hydrogens is 1600 g/mol. The number of rotatable bonds is 4. The van der Waals surface area contributed by atoms with Crippen LogP contribution in [0.3, 0.4) is 0 Å². The second-order valence-corrected chi connectivity index (χ2v) is 30.8. The maximum atomic E-state index is 4.32. The number of pyridine rings is 4. The standard InChI is InChI=1S/C18H22.C14H14.2C12H12N2.3C12H12.2C7H7.C5H8N2.W/c1-11-7-13(3)17(14(4)8-11)18-15(5)9-12(2)10-16(18)6;1-11-3-7-13(8-4-11)14-9-5-12(2)6-10-14;1-9-3-5-13-11(7-9)12-8-10(2)4-6-14-12;1-9-3-5-11(13-7-9)12-6-4-10(2)8-14-12;1-9-3-5-12-8-10(2)4-6-11(12)7-9;1-9-5-3-8-12-10(2)6-4-7-11(9)12;1-9-7-8-10(2)12-6-4-3-5-11(9)12;2*1-7-5-3-2-4-6-7;1-4-3-5(2)7-6-4;/h7-10H,1-6H3;3-10H,1-2H3;2*3-8H,1-2H3;3*3-8H,1-2H3;2*3-6H,1H3;3H,1-2H3,(H,6,7);/q;;;;;;;2*-1;;+2. The Labute approximate surface area is 720 Å². The van der Waals surface area contributed by atoms with E-state index < -0.39 is 0 Å². The van der Waals surface area contributed by atoms with E-state index in [9.17, 15) is 0 Å². The number of nitrogens with one attached hydrogen (secondary N) is 1. The Morgan fingerprint density at radius 3 is 0.831 bits per heavy atom. The summed E-state index contributed by atoms with van der Waals surface area (Å²) in [6, 6.07) is 105. The van der Waals surface area contributed by atoms with Crippen LogP contribution in [0.4, 0.5) is 0 Å². The molecule has 12 aromatic carbocycles. The summed E-state index contributed by atoms with van der Waals surface area (Å²) in [4.78, 5) is 17.2. The summed E-state index contributed by atoms with van der Waals surface area (Å²) in [5, 5.41) is 14.9. The Kier molecular flexibility index (Phi) is 37.2. The normalized spacial score (nSPS) is 10.1. The van der Waals surface area contributed by atoms with Crippen molar-refractivity contribution in [3.63, 3.8) is 0 Å². The number of nitrogens with zero attached hydrogens (tertiary/aromatic N) is 5. The average molecular weight is 1720 g/mol. The van der Waals surface area contributed by atoms with Gasteiger partial charge < -0.3 is 0 Å². The molecule has 0 atom stereocenters. The van der Waals surface area contributed by atoms with Crippen LogP contribution in [0.1, 0.15) is 123 Å². The Hall–Kier alpha value is -12.1. The van der Waals surface area contributed by atoms with Crippen LogP contribution in [0.5, 0.6) is 0 Å². The van der Waals surface area contributed by atoms with E-state index in [-0.39, 0.29) is 21.1 Å². The first-order valence-corrected chi connectivity index (χ1v) is 40.3. The van der Waals surface area contributed by atoms with E-state index >= 15 is 0 Å². The molecule has 1 N–H and O–H groups in total. The number of aromatic amines is 1. The molecule has 17 aromatic rings. The molecule has 0 unspecified atom stereocenters. The number of aryl methyl sites for hydroxylation is 22. The SMILES string of the molecule is Cc1cc(C)[nH]n1.Cc1cc(C)c(-c2c(C)cc(C)cc2C)c(C)c1.Cc1cc[c-]cc1.Cc1cc[c-]cc1.Cc1ccc(-c2ccc(C)cc2)cc1.Cc1ccc(-c2ccc(C)cn2)nc1.Cc1ccc(C)c2ccccc12.Cc1ccc2cc(C)ccc2c1.Cc1cccc2c(C)cccc12.Cc1ccnc(-c2cc(C)ccn2)c1.[W+2]. The molecular formula is C111H118N6W. The summed E-state index contributed by atoms with van der Waals surface area (Å²) in [7, 11) is 0. The summed E-state index contributed by atoms with van der Waals surface area (Å²) < 4.78 is 0. The minimum atomic E-state index is 0. The van der Waals surface area contributed by atoms with Gasteiger partial charge in [-0.25, -0.2) is 0 Å². The molecule has 0 saturated carbocycles. The fourth-order valence-corrected chi connectivity index (χ4v) is 13.4. The van der Waals surface area contributed by atoms with Crippen molar-refractivity contribution in [2.24, 2.45) is 0 Å². The molecule has 0 bridgehead atoms. The van der Waals surface area contributed by atoms with Crippen molar-refractivity contribution in [1.82, 2.24) is 30.1 Å². The van der Waals surface area contributed by atoms with E-state index in [1.54, 1.807) is 0 Å². The van der Waals surface area contributed by atoms with E-state index in [2.05, 4.69) is 349 Å². The molecule has 0 fully saturated rings. The molecule has 0 radical (unpaired) electrons. The Bertz CT molecular complexity index is 5390. The molecule has 0 aliphatic heterocycles. The average Bonchev–Trinajstić information content (AvgIpc) is 0.865. The summed E-state index contributed by atoms with van der Waals surface area (Å²) in [6.45, 7) is 46.5. The molecule has 17 rings (SSSR count). The van der Waals surface area contributed by atoms with Gasteiger partial charge in [-0.15, -0.1) is 0 Å². The third kappa shape index (κ3) is 30.2. The van der Waals surface area contributed by atoms with Crippen LogP contribution in [-0.4, -0.2) is 30.1 Å². The van der Waals surface area contributed by atoms with E-state index in [0.29, 0.717) is 0 Å². The van der Waals surface area contributed by atoms with E-state index in [4.69, 9.17) is 0 Å². The summed E-state index contributed by atoms with van der Waals surface area (Å²) in [5.74, 6) is 0. The molecule has 0 aliphatic carbocycles. The molecule has 0 spiro atoms. The Morgan fingerprint density at radius 2 is 0.542 bits per heavy atom. The van der Waals surface area contributed by atoms with E-state index in [0.717, 1.165) is 34.2 Å². The van der Waals surface area contributed by atoms with Crippen molar-refractivity contribution < 1.29 is 21.1 Å². The van der Waals surface area contributed by atoms with Gasteiger partial charge in [0.25, 0.3) is 0 Å². The molecule has 5 heterocycles. The van der Waals surface area contributed by atoms with Crippen molar-refractivity contribution in [1.29, 1.82) is 0 Å². The first-order valence-electron chi connectivity index (χ1n) is 40.3. The Morgan fingerprint density at radius 1 is 0.229 bits per heavy atom. The van der Waals surface area contributed by atoms with Gasteiger partial charge in [0.15, 0.2) is 0 Å². The van der Waals surface area contributed by atoms with Crippen LogP contribution in [0, 0.1) is 164 Å². The van der Waals surface area contributed by atoms with Crippen molar-refractivity contribution in [2.75, 3.05) is 0 Å². The zero-order valence-electron chi connectivity index (χ0n) is 73.6. The molecule has 5 aromatic heterocycles. The van der Waals surface area contributed by atoms with Gasteiger partial charge in [0.05, 0.1) is 28.5 Å². The third-order valence-corrected chi connectivity index (χ3v) is 19.7. The molecule has 7 heteroatoms. The van der Waals surface area contributed by atoms with Gasteiger partial charge in [-0.3, -0.25) is 25.0 Å². The number of H-pyrrole nitrogens is 1. The van der Waals surface area contributed by atoms with Gasteiger partial charge in [0, 0.05) is 30.5 Å². The predicted octanol–water partition coefficient (Wildman–Crippen LogP) is 29.7. The second-order valence-electron chi connectivity index (χ2n) is 30.8. The van der Waals surface area contributed by atoms with Crippen LogP contribution >= 0.6 is 0 Å². The summed E-state index contributed by atoms with van der Waals surface area (Å²) in [6.07, 6.45) is 7.34. The quantitative estimate of drug-likeness (QED) is 0.178. The monoisotopic (exact) mass is 1720 g/mol. The number of fused-ring (bicyclic) bond motifs is 3. The van der Waals surface area contributed by atoms with Gasteiger partial charge in [0.1, 0.15) is 0 Å². The molecule has 6 nitrogen and oxygen atoms in total. The van der Waals surface area contributed by atoms with Crippen LogP contribution in [-0.2, 0) is 21.1 Å². The topological polar surface area (TPSA) is 80.2 Å². The third-order valence-electron chi connectivity index (χ3n) is 19.7. The van der Waals surface area contributed by atoms with Gasteiger partial charge in [-0.1, -0.05) is 241 Å². The van der Waals surface area contributed by atoms with Crippen LogP contribution in [0.2, 0.25) is 0 Å². The van der Waals surface area contributed by atoms with E-state index in [1.165, 1.54) is 166 Å². The van der Waals surface area contributed by atoms with Crippen LogP contribution < -0.4 is 0 Å². The van der Waals surface area contributed by atoms with E-state index in [1.807, 2.05) is 156 Å². The zero-order valence-corrected chi connectivity index (χ0v) is 76.5. The fourth-order valence-electron chi connectivity index (χ4n) is 13.4. The first kappa shape index (κ1) is 93.1. The summed E-state index contributed by atoms with van der Waals surface area (Å²) in [5.41, 5.74) is 37.5. The number of benzene rings is 12.